The van der Waals surface area contributed by atoms with Crippen molar-refractivity contribution in [3.05, 3.63) is 0 Å². The van der Waals surface area contributed by atoms with Crippen molar-refractivity contribution in [2.75, 3.05) is 20.5 Å². The van der Waals surface area contributed by atoms with E-state index >= 15 is 0 Å². The van der Waals surface area contributed by atoms with Crippen LogP contribution in [0.2, 0.25) is 0 Å². The number of methoxy groups -OCH3 is 1. The van der Waals surface area contributed by atoms with Crippen LogP contribution in [0, 0.1) is 11.8 Å². The highest BCUT2D eigenvalue weighted by atomic mass is 16.8. The van der Waals surface area contributed by atoms with Crippen LogP contribution in [0.1, 0.15) is 27.2 Å². The summed E-state index contributed by atoms with van der Waals surface area (Å²) < 4.78 is 21.7. The Morgan fingerprint density at radius 2 is 2.11 bits per heavy atom. The van der Waals surface area contributed by atoms with Crippen molar-refractivity contribution in [3.8, 4) is 11.8 Å². The monoisotopic (exact) mass is 258 g/mol. The Labute approximate surface area is 108 Å². The number of hydrogen-bond acceptors (Lipinski definition) is 5. The zero-order chi connectivity index (χ0) is 13.6. The number of hydrogen-bond donors (Lipinski definition) is 1. The maximum Gasteiger partial charge on any atom is 0.163 e. The van der Waals surface area contributed by atoms with E-state index in [1.54, 1.807) is 7.11 Å². The molecular formula is C13H22O5. The Balaban J connectivity index is 2.54. The molecule has 1 aliphatic rings. The molecule has 1 rings (SSSR count). The van der Waals surface area contributed by atoms with Crippen LogP contribution in [0.3, 0.4) is 0 Å². The second-order valence-electron chi connectivity index (χ2n) is 4.66. The summed E-state index contributed by atoms with van der Waals surface area (Å²) in [6.45, 7) is 5.71. The van der Waals surface area contributed by atoms with Gasteiger partial charge >= 0.3 is 0 Å². The molecule has 0 saturated carbocycles. The van der Waals surface area contributed by atoms with Gasteiger partial charge in [0.05, 0.1) is 12.2 Å². The van der Waals surface area contributed by atoms with Gasteiger partial charge < -0.3 is 24.1 Å². The van der Waals surface area contributed by atoms with Crippen LogP contribution in [0.15, 0.2) is 0 Å². The summed E-state index contributed by atoms with van der Waals surface area (Å²) >= 11 is 0. The third-order valence-corrected chi connectivity index (χ3v) is 2.60. The molecule has 3 atom stereocenters. The normalized spacial score (nSPS) is 27.6. The fourth-order valence-electron chi connectivity index (χ4n) is 1.94. The summed E-state index contributed by atoms with van der Waals surface area (Å²) in [5.74, 6) is 4.87. The largest absolute Gasteiger partial charge is 0.384 e. The summed E-state index contributed by atoms with van der Waals surface area (Å²) in [5, 5.41) is 8.72. The molecule has 0 aliphatic carbocycles. The molecule has 1 saturated heterocycles. The number of aliphatic hydroxyl groups is 1. The lowest BCUT2D eigenvalue weighted by atomic mass is 10.1. The summed E-state index contributed by atoms with van der Waals surface area (Å²) in [4.78, 5) is 0. The second-order valence-corrected chi connectivity index (χ2v) is 4.66. The van der Waals surface area contributed by atoms with Crippen LogP contribution in [0.4, 0.5) is 0 Å². The lowest BCUT2D eigenvalue weighted by Gasteiger charge is -2.19. The fourth-order valence-corrected chi connectivity index (χ4v) is 1.94. The predicted molar refractivity (Wildman–Crippen MR) is 65.7 cm³/mol. The zero-order valence-electron chi connectivity index (χ0n) is 11.4. The fraction of sp³-hybridized carbons (Fsp3) is 0.846. The minimum absolute atomic E-state index is 0.00966. The smallest absolute Gasteiger partial charge is 0.163 e. The molecule has 0 bridgehead atoms. The van der Waals surface area contributed by atoms with Gasteiger partial charge in [0.15, 0.2) is 5.79 Å². The third-order valence-electron chi connectivity index (χ3n) is 2.60. The highest BCUT2D eigenvalue weighted by molar-refractivity contribution is 5.06. The number of rotatable bonds is 5. The van der Waals surface area contributed by atoms with Crippen molar-refractivity contribution in [1.29, 1.82) is 0 Å². The van der Waals surface area contributed by atoms with Crippen molar-refractivity contribution in [1.82, 2.24) is 0 Å². The SMILES string of the molecule is COCO[C@H](C#CCO)C[C@@H]1OC(C)(C)O[C@H]1C. The van der Waals surface area contributed by atoms with Crippen molar-refractivity contribution in [2.45, 2.75) is 51.3 Å². The van der Waals surface area contributed by atoms with Crippen molar-refractivity contribution < 1.29 is 24.1 Å². The molecule has 0 aromatic heterocycles. The molecule has 1 N–H and O–H groups in total. The molecule has 0 aromatic carbocycles. The first-order valence-corrected chi connectivity index (χ1v) is 6.04. The summed E-state index contributed by atoms with van der Waals surface area (Å²) in [6, 6.07) is 0. The zero-order valence-corrected chi connectivity index (χ0v) is 11.4. The van der Waals surface area contributed by atoms with Crippen molar-refractivity contribution in [3.63, 3.8) is 0 Å². The van der Waals surface area contributed by atoms with E-state index in [9.17, 15) is 0 Å². The van der Waals surface area contributed by atoms with E-state index in [1.807, 2.05) is 20.8 Å². The lowest BCUT2D eigenvalue weighted by molar-refractivity contribution is -0.148. The third kappa shape index (κ3) is 4.92. The second kappa shape index (κ2) is 7.07. The lowest BCUT2D eigenvalue weighted by Crippen LogP contribution is -2.27. The first kappa shape index (κ1) is 15.4. The molecular weight excluding hydrogens is 236 g/mol. The first-order valence-electron chi connectivity index (χ1n) is 6.04. The van der Waals surface area contributed by atoms with Gasteiger partial charge in [0.2, 0.25) is 0 Å². The Morgan fingerprint density at radius 3 is 2.61 bits per heavy atom. The molecule has 18 heavy (non-hydrogen) atoms. The topological polar surface area (TPSA) is 57.2 Å². The molecule has 5 heteroatoms. The van der Waals surface area contributed by atoms with E-state index in [-0.39, 0.29) is 31.7 Å². The van der Waals surface area contributed by atoms with Gasteiger partial charge in [0.25, 0.3) is 0 Å². The Morgan fingerprint density at radius 1 is 1.39 bits per heavy atom. The van der Waals surface area contributed by atoms with E-state index in [4.69, 9.17) is 24.1 Å². The van der Waals surface area contributed by atoms with Gasteiger partial charge in [-0.05, 0) is 20.8 Å². The maximum atomic E-state index is 8.72. The molecule has 5 nitrogen and oxygen atoms in total. The van der Waals surface area contributed by atoms with Crippen molar-refractivity contribution >= 4 is 0 Å². The highest BCUT2D eigenvalue weighted by Crippen LogP contribution is 2.30. The first-order chi connectivity index (χ1) is 8.48. The Kier molecular flexibility index (Phi) is 6.06. The molecule has 0 radical (unpaired) electrons. The van der Waals surface area contributed by atoms with E-state index in [0.29, 0.717) is 6.42 Å². The molecule has 1 aliphatic heterocycles. The van der Waals surface area contributed by atoms with Crippen molar-refractivity contribution in [2.24, 2.45) is 0 Å². The van der Waals surface area contributed by atoms with Crippen LogP contribution < -0.4 is 0 Å². The molecule has 0 amide bonds. The van der Waals surface area contributed by atoms with Gasteiger partial charge in [-0.15, -0.1) is 0 Å². The quantitative estimate of drug-likeness (QED) is 0.586. The molecule has 0 aromatic rings. The van der Waals surface area contributed by atoms with Crippen LogP contribution in [-0.4, -0.2) is 49.7 Å². The number of aliphatic hydroxyl groups excluding tert-OH is 1. The van der Waals surface area contributed by atoms with E-state index in [1.165, 1.54) is 0 Å². The van der Waals surface area contributed by atoms with Gasteiger partial charge in [0.1, 0.15) is 19.5 Å². The molecule has 1 fully saturated rings. The summed E-state index contributed by atoms with van der Waals surface area (Å²) in [5.41, 5.74) is 0. The minimum atomic E-state index is -0.569. The predicted octanol–water partition coefficient (Wildman–Crippen LogP) is 0.901. The summed E-state index contributed by atoms with van der Waals surface area (Å²) in [7, 11) is 1.55. The minimum Gasteiger partial charge on any atom is -0.384 e. The molecule has 1 heterocycles. The van der Waals surface area contributed by atoms with E-state index in [2.05, 4.69) is 11.8 Å². The molecule has 104 valence electrons. The van der Waals surface area contributed by atoms with Gasteiger partial charge in [-0.3, -0.25) is 0 Å². The van der Waals surface area contributed by atoms with Crippen LogP contribution in [0.25, 0.3) is 0 Å². The van der Waals surface area contributed by atoms with Gasteiger partial charge in [-0.1, -0.05) is 11.8 Å². The van der Waals surface area contributed by atoms with Gasteiger partial charge in [-0.2, -0.15) is 0 Å². The Bertz CT molecular complexity index is 304. The molecule has 0 spiro atoms. The van der Waals surface area contributed by atoms with Crippen LogP contribution in [-0.2, 0) is 18.9 Å². The molecule has 0 unspecified atom stereocenters. The maximum absolute atomic E-state index is 8.72. The van der Waals surface area contributed by atoms with E-state index < -0.39 is 5.79 Å². The van der Waals surface area contributed by atoms with Gasteiger partial charge in [0, 0.05) is 13.5 Å². The standard InChI is InChI=1S/C13H22O5/c1-10-12(18-13(2,3)17-10)8-11(6-5-7-14)16-9-15-4/h10-12,14H,7-9H2,1-4H3/t10-,11+,12-/m0/s1. The average Bonchev–Trinajstić information content (AvgIpc) is 2.55. The van der Waals surface area contributed by atoms with Crippen LogP contribution in [0.5, 0.6) is 0 Å². The highest BCUT2D eigenvalue weighted by Gasteiger charge is 2.39. The van der Waals surface area contributed by atoms with Gasteiger partial charge in [-0.25, -0.2) is 0 Å². The van der Waals surface area contributed by atoms with E-state index in [0.717, 1.165) is 0 Å². The average molecular weight is 258 g/mol. The number of ether oxygens (including phenoxy) is 4. The van der Waals surface area contributed by atoms with Crippen LogP contribution >= 0.6 is 0 Å². The summed E-state index contributed by atoms with van der Waals surface area (Å²) in [6.07, 6.45) is 0.169. The Hall–Kier alpha value is -0.640.